The summed E-state index contributed by atoms with van der Waals surface area (Å²) in [5, 5.41) is 23.3. The Morgan fingerprint density at radius 3 is 1.24 bits per heavy atom. The van der Waals surface area contributed by atoms with Crippen molar-refractivity contribution in [2.75, 3.05) is 24.7 Å². The smallest absolute Gasteiger partial charge is 0.122 e. The second-order valence-electron chi connectivity index (χ2n) is 21.4. The Morgan fingerprint density at radius 1 is 0.537 bits per heavy atom. The van der Waals surface area contributed by atoms with E-state index in [1.165, 1.54) is 75.3 Å². The molecule has 2 aliphatic rings. The van der Waals surface area contributed by atoms with Crippen LogP contribution in [0, 0.1) is 13.8 Å². The van der Waals surface area contributed by atoms with Crippen LogP contribution in [-0.2, 0) is 38.9 Å². The number of benzene rings is 4. The average Bonchev–Trinajstić information content (AvgIpc) is 3.33. The lowest BCUT2D eigenvalue weighted by Crippen LogP contribution is -2.26. The number of thioether (sulfide) groups is 2. The fraction of sp³-hybridized carbons (Fsp3) is 0.593. The largest absolute Gasteiger partial charge is 0.507 e. The van der Waals surface area contributed by atoms with Gasteiger partial charge in [-0.05, 0) is 133 Å². The molecule has 0 aliphatic heterocycles. The van der Waals surface area contributed by atoms with Gasteiger partial charge in [0.25, 0.3) is 0 Å². The van der Waals surface area contributed by atoms with Crippen LogP contribution in [0.3, 0.4) is 0 Å². The number of ether oxygens (including phenoxy) is 4. The molecule has 6 nitrogen and oxygen atoms in total. The van der Waals surface area contributed by atoms with Crippen LogP contribution in [0.5, 0.6) is 23.0 Å². The van der Waals surface area contributed by atoms with E-state index in [0.29, 0.717) is 48.4 Å². The SMILES string of the molecule is CCC(C)(C)c1cc(COC(COc2ccc(C(C)(C)c3ccc(OCC(CSC4CCCCC4)OCc4cc(C)c(O)c(C(C)(C)CC)c4)cc3)cc2)CSC2CCCCC2)cc(C)c1O. The van der Waals surface area contributed by atoms with Crippen molar-refractivity contribution in [3.05, 3.63) is 117 Å². The fourth-order valence-electron chi connectivity index (χ4n) is 9.44. The van der Waals surface area contributed by atoms with Gasteiger partial charge in [-0.2, -0.15) is 23.5 Å². The summed E-state index contributed by atoms with van der Waals surface area (Å²) in [7, 11) is 0. The number of hydrogen-bond acceptors (Lipinski definition) is 8. The van der Waals surface area contributed by atoms with E-state index in [1.807, 2.05) is 37.4 Å². The predicted molar refractivity (Wildman–Crippen MR) is 284 cm³/mol. The molecule has 2 fully saturated rings. The molecule has 2 aliphatic carbocycles. The highest BCUT2D eigenvalue weighted by Crippen LogP contribution is 2.39. The third-order valence-electron chi connectivity index (χ3n) is 15.1. The van der Waals surface area contributed by atoms with E-state index in [0.717, 1.165) is 69.2 Å². The number of hydrogen-bond donors (Lipinski definition) is 2. The monoisotopic (exact) mass is 953 g/mol. The molecule has 2 atom stereocenters. The summed E-state index contributed by atoms with van der Waals surface area (Å²) in [4.78, 5) is 0. The van der Waals surface area contributed by atoms with Gasteiger partial charge in [0, 0.05) is 38.5 Å². The minimum Gasteiger partial charge on any atom is -0.507 e. The van der Waals surface area contributed by atoms with Crippen LogP contribution in [0.4, 0.5) is 0 Å². The summed E-state index contributed by atoms with van der Waals surface area (Å²) in [6, 6.07) is 25.5. The highest BCUT2D eigenvalue weighted by molar-refractivity contribution is 8.00. The van der Waals surface area contributed by atoms with Gasteiger partial charge in [0.2, 0.25) is 0 Å². The first kappa shape index (κ1) is 53.1. The number of phenols is 2. The van der Waals surface area contributed by atoms with E-state index in [4.69, 9.17) is 18.9 Å². The average molecular weight is 953 g/mol. The van der Waals surface area contributed by atoms with Crippen molar-refractivity contribution in [3.8, 4) is 23.0 Å². The van der Waals surface area contributed by atoms with Gasteiger partial charge in [-0.15, -0.1) is 0 Å². The maximum atomic E-state index is 10.9. The van der Waals surface area contributed by atoms with Crippen molar-refractivity contribution < 1.29 is 29.2 Å². The van der Waals surface area contributed by atoms with E-state index < -0.39 is 0 Å². The Labute approximate surface area is 414 Å². The number of aryl methyl sites for hydroxylation is 2. The number of rotatable bonds is 24. The summed E-state index contributed by atoms with van der Waals surface area (Å²) in [5.41, 5.74) is 7.90. The van der Waals surface area contributed by atoms with Crippen LogP contribution < -0.4 is 9.47 Å². The lowest BCUT2D eigenvalue weighted by molar-refractivity contribution is 0.0242. The van der Waals surface area contributed by atoms with Crippen molar-refractivity contribution in [2.45, 2.75) is 198 Å². The molecule has 67 heavy (non-hydrogen) atoms. The molecule has 0 heterocycles. The highest BCUT2D eigenvalue weighted by atomic mass is 32.2. The van der Waals surface area contributed by atoms with Crippen LogP contribution >= 0.6 is 23.5 Å². The quantitative estimate of drug-likeness (QED) is 0.0719. The molecule has 0 radical (unpaired) electrons. The Morgan fingerprint density at radius 2 is 0.896 bits per heavy atom. The molecular weight excluding hydrogens is 869 g/mol. The van der Waals surface area contributed by atoms with Crippen molar-refractivity contribution in [3.63, 3.8) is 0 Å². The molecule has 4 aromatic rings. The Bertz CT molecular complexity index is 1980. The first-order chi connectivity index (χ1) is 32.0. The van der Waals surface area contributed by atoms with E-state index >= 15 is 0 Å². The van der Waals surface area contributed by atoms with Gasteiger partial charge in [-0.25, -0.2) is 0 Å². The maximum absolute atomic E-state index is 10.9. The molecule has 4 aromatic carbocycles. The maximum Gasteiger partial charge on any atom is 0.122 e. The zero-order valence-corrected chi connectivity index (χ0v) is 44.4. The van der Waals surface area contributed by atoms with Crippen LogP contribution in [0.15, 0.2) is 72.8 Å². The lowest BCUT2D eigenvalue weighted by atomic mass is 9.78. The van der Waals surface area contributed by atoms with Crippen molar-refractivity contribution in [1.82, 2.24) is 0 Å². The molecule has 0 amide bonds. The van der Waals surface area contributed by atoms with E-state index in [1.54, 1.807) is 0 Å². The third-order valence-corrected chi connectivity index (χ3v) is 18.1. The predicted octanol–water partition coefficient (Wildman–Crippen LogP) is 15.5. The zero-order valence-electron chi connectivity index (χ0n) is 42.8. The first-order valence-electron chi connectivity index (χ1n) is 25.6. The van der Waals surface area contributed by atoms with Gasteiger partial charge < -0.3 is 29.2 Å². The molecule has 2 N–H and O–H groups in total. The molecule has 368 valence electrons. The van der Waals surface area contributed by atoms with Gasteiger partial charge >= 0.3 is 0 Å². The molecule has 2 unspecified atom stereocenters. The summed E-state index contributed by atoms with van der Waals surface area (Å²) in [6.45, 7) is 23.6. The summed E-state index contributed by atoms with van der Waals surface area (Å²) in [5.74, 6) is 4.27. The van der Waals surface area contributed by atoms with E-state index in [2.05, 4.69) is 128 Å². The van der Waals surface area contributed by atoms with Crippen LogP contribution in [0.2, 0.25) is 0 Å². The summed E-state index contributed by atoms with van der Waals surface area (Å²) in [6.07, 6.45) is 14.9. The number of aromatic hydroxyl groups is 2. The van der Waals surface area contributed by atoms with E-state index in [9.17, 15) is 10.2 Å². The topological polar surface area (TPSA) is 77.4 Å². The molecular formula is C59H84O6S2. The lowest BCUT2D eigenvalue weighted by Gasteiger charge is -2.28. The minimum absolute atomic E-state index is 0.0621. The minimum atomic E-state index is -0.234. The molecule has 0 aromatic heterocycles. The first-order valence-corrected chi connectivity index (χ1v) is 27.7. The highest BCUT2D eigenvalue weighted by Gasteiger charge is 2.27. The van der Waals surface area contributed by atoms with Crippen molar-refractivity contribution in [2.24, 2.45) is 0 Å². The molecule has 0 bridgehead atoms. The second-order valence-corrected chi connectivity index (χ2v) is 24.1. The fourth-order valence-corrected chi connectivity index (χ4v) is 12.1. The molecule has 8 heteroatoms. The summed E-state index contributed by atoms with van der Waals surface area (Å²) < 4.78 is 26.3. The standard InChI is InChI=1S/C59H84O6S2/c1-11-57(5,6)53-33-43(31-41(3)55(53)60)35-62-49(39-66-51-19-15-13-16-20-51)37-64-47-27-23-45(24-28-47)59(9,10)46-25-29-48(30-26-46)65-38-50(40-67-52-21-17-14-18-22-52)63-36-44-32-42(4)56(61)54(34-44)58(7,8)12-2/h23-34,49-52,60-61H,11-22,35-40H2,1-10H3. The van der Waals surface area contributed by atoms with Gasteiger partial charge in [0.05, 0.1) is 13.2 Å². The Balaban J connectivity index is 1.07. The van der Waals surface area contributed by atoms with Crippen molar-refractivity contribution in [1.29, 1.82) is 0 Å². The summed E-state index contributed by atoms with van der Waals surface area (Å²) >= 11 is 4.09. The third kappa shape index (κ3) is 14.9. The molecule has 2 saturated carbocycles. The van der Waals surface area contributed by atoms with Gasteiger partial charge in [-0.3, -0.25) is 0 Å². The Hall–Kier alpha value is -3.30. The molecule has 6 rings (SSSR count). The van der Waals surface area contributed by atoms with Gasteiger partial charge in [-0.1, -0.05) is 130 Å². The second kappa shape index (κ2) is 24.5. The van der Waals surface area contributed by atoms with Crippen LogP contribution in [-0.4, -0.2) is 57.6 Å². The van der Waals surface area contributed by atoms with Crippen LogP contribution in [0.25, 0.3) is 0 Å². The Kier molecular flexibility index (Phi) is 19.4. The molecule has 0 saturated heterocycles. The van der Waals surface area contributed by atoms with E-state index in [-0.39, 0.29) is 28.5 Å². The van der Waals surface area contributed by atoms with Gasteiger partial charge in [0.1, 0.15) is 48.4 Å². The van der Waals surface area contributed by atoms with Crippen molar-refractivity contribution >= 4 is 23.5 Å². The zero-order chi connectivity index (χ0) is 48.2. The molecule has 0 spiro atoms. The normalized spacial score (nSPS) is 16.5. The van der Waals surface area contributed by atoms with Gasteiger partial charge in [0.15, 0.2) is 0 Å². The van der Waals surface area contributed by atoms with Crippen LogP contribution in [0.1, 0.15) is 177 Å². The number of phenolic OH excluding ortho intramolecular Hbond substituents is 2.